The van der Waals surface area contributed by atoms with Gasteiger partial charge in [0.25, 0.3) is 10.1 Å². The van der Waals surface area contributed by atoms with E-state index in [0.717, 1.165) is 18.2 Å². The van der Waals surface area contributed by atoms with E-state index in [0.29, 0.717) is 17.4 Å². The standard InChI is InChI=1S/C30H24N6O11S3.3Na/c1-47-28-16-23(36-34-21-3-2-4-24(14-21)48(38,39)40)11-12-27(28)32-30(37)31-19-7-9-20(10-8-19)33-35-22-6-5-18-13-25(49(41,42)43)17-29(26(18)15-22)50(44,45)46;;;/h2-17H,1H3,(H2,31,32,37)(H,38,39,40)(H,41,42,43)(H,44,45,46);;;/q;3*+1/p-3. The summed E-state index contributed by atoms with van der Waals surface area (Å²) < 4.78 is 107. The monoisotopic (exact) mass is 806 g/mol. The molecular weight excluding hydrogens is 786 g/mol. The molecule has 5 aromatic rings. The smallest absolute Gasteiger partial charge is 0.846 e. The zero-order valence-electron chi connectivity index (χ0n) is 28.2. The number of hydrogen-bond acceptors (Lipinski definition) is 15. The molecule has 23 heteroatoms. The van der Waals surface area contributed by atoms with E-state index in [4.69, 9.17) is 4.74 Å². The number of nitrogens with zero attached hydrogens (tertiary/aromatic N) is 5. The Kier molecular flexibility index (Phi) is 16.9. The van der Waals surface area contributed by atoms with E-state index >= 15 is 0 Å². The van der Waals surface area contributed by atoms with Gasteiger partial charge in [-0.3, -0.25) is 4.55 Å². The van der Waals surface area contributed by atoms with Crippen molar-refractivity contribution in [1.82, 2.24) is 0 Å². The number of amidine groups is 1. The zero-order valence-corrected chi connectivity index (χ0v) is 36.7. The molecule has 0 saturated carbocycles. The van der Waals surface area contributed by atoms with Crippen molar-refractivity contribution in [3.63, 3.8) is 0 Å². The number of rotatable bonds is 10. The summed E-state index contributed by atoms with van der Waals surface area (Å²) in [5, 5.41) is 31.2. The number of anilines is 1. The summed E-state index contributed by atoms with van der Waals surface area (Å²) in [5.74, 6) is 0.177. The second kappa shape index (κ2) is 19.3. The summed E-state index contributed by atoms with van der Waals surface area (Å²) in [6.45, 7) is 0. The van der Waals surface area contributed by atoms with Gasteiger partial charge in [0.05, 0.1) is 45.7 Å². The quantitative estimate of drug-likeness (QED) is 0.0452. The van der Waals surface area contributed by atoms with Crippen LogP contribution in [-0.2, 0) is 30.4 Å². The number of azo groups is 2. The molecule has 0 saturated heterocycles. The first-order valence-corrected chi connectivity index (χ1v) is 18.0. The Hall–Kier alpha value is -2.64. The molecule has 0 radical (unpaired) electrons. The minimum atomic E-state index is -5.01. The topological polar surface area (TPSA) is 275 Å². The van der Waals surface area contributed by atoms with E-state index in [1.54, 1.807) is 0 Å². The summed E-state index contributed by atoms with van der Waals surface area (Å²) in [7, 11) is -13.2. The predicted molar refractivity (Wildman–Crippen MR) is 175 cm³/mol. The summed E-state index contributed by atoms with van der Waals surface area (Å²) >= 11 is 0. The zero-order chi connectivity index (χ0) is 36.3. The van der Waals surface area contributed by atoms with Crippen molar-refractivity contribution in [3.05, 3.63) is 97.1 Å². The first-order valence-electron chi connectivity index (χ1n) is 13.7. The van der Waals surface area contributed by atoms with Crippen molar-refractivity contribution in [2.45, 2.75) is 14.7 Å². The molecule has 0 spiro atoms. The third-order valence-corrected chi connectivity index (χ3v) is 9.15. The van der Waals surface area contributed by atoms with Crippen LogP contribution in [0.25, 0.3) is 10.8 Å². The predicted octanol–water partition coefficient (Wildman–Crippen LogP) is -3.79. The number of ether oxygens (including phenoxy) is 1. The van der Waals surface area contributed by atoms with Crippen LogP contribution in [0.15, 0.2) is 137 Å². The maximum Gasteiger partial charge on any atom is 1.00 e. The van der Waals surface area contributed by atoms with Crippen LogP contribution in [0.3, 0.4) is 0 Å². The van der Waals surface area contributed by atoms with Crippen molar-refractivity contribution in [3.8, 4) is 5.75 Å². The van der Waals surface area contributed by atoms with Gasteiger partial charge in [-0.05, 0) is 84.2 Å². The molecule has 5 aromatic carbocycles. The van der Waals surface area contributed by atoms with Crippen LogP contribution in [-0.4, -0.2) is 52.0 Å². The maximum absolute atomic E-state index is 12.6. The fourth-order valence-corrected chi connectivity index (χ4v) is 6.18. The first kappa shape index (κ1) is 46.5. The fourth-order valence-electron chi connectivity index (χ4n) is 4.33. The molecule has 0 unspecified atom stereocenters. The normalized spacial score (nSPS) is 12.2. The molecule has 0 atom stereocenters. The van der Waals surface area contributed by atoms with Gasteiger partial charge in [-0.15, -0.1) is 0 Å². The molecular formula is C30H21N6Na3O11S3. The fraction of sp³-hybridized carbons (Fsp3) is 0.0333. The second-order valence-corrected chi connectivity index (χ2v) is 14.2. The van der Waals surface area contributed by atoms with E-state index in [-0.39, 0.29) is 128 Å². The molecule has 0 fully saturated rings. The third kappa shape index (κ3) is 12.7. The minimum absolute atomic E-state index is 0. The summed E-state index contributed by atoms with van der Waals surface area (Å²) in [4.78, 5) is 1.92. The molecule has 0 bridgehead atoms. The maximum atomic E-state index is 12.6. The Morgan fingerprint density at radius 1 is 0.660 bits per heavy atom. The summed E-state index contributed by atoms with van der Waals surface area (Å²) in [6.07, 6.45) is 0. The van der Waals surface area contributed by atoms with Gasteiger partial charge in [-0.1, -0.05) is 12.1 Å². The van der Waals surface area contributed by atoms with Crippen LogP contribution in [0.2, 0.25) is 0 Å². The van der Waals surface area contributed by atoms with Crippen molar-refractivity contribution >= 4 is 81.3 Å². The van der Waals surface area contributed by atoms with Gasteiger partial charge in [0, 0.05) is 17.1 Å². The first-order chi connectivity index (χ1) is 23.5. The van der Waals surface area contributed by atoms with E-state index in [2.05, 4.69) is 30.8 Å². The third-order valence-electron chi connectivity index (χ3n) is 6.61. The van der Waals surface area contributed by atoms with E-state index in [9.17, 15) is 44.0 Å². The van der Waals surface area contributed by atoms with Crippen molar-refractivity contribution < 1.29 is 137 Å². The molecule has 0 aliphatic carbocycles. The average molecular weight is 807 g/mol. The molecule has 0 heterocycles. The number of hydrogen-bond donors (Lipinski definition) is 2. The number of benzene rings is 5. The number of nitrogens with one attached hydrogen (secondary N) is 1. The van der Waals surface area contributed by atoms with Crippen molar-refractivity contribution in [2.75, 3.05) is 12.4 Å². The van der Waals surface area contributed by atoms with Gasteiger partial charge < -0.3 is 24.3 Å². The molecule has 17 nitrogen and oxygen atoms in total. The molecule has 0 aliphatic rings. The molecule has 2 N–H and O–H groups in total. The molecule has 258 valence electrons. The van der Waals surface area contributed by atoms with Crippen LogP contribution in [0, 0.1) is 0 Å². The Balaban J connectivity index is 0.00000324. The molecule has 0 aromatic heterocycles. The Bertz CT molecular complexity index is 2560. The van der Waals surface area contributed by atoms with Crippen LogP contribution in [0.1, 0.15) is 0 Å². The van der Waals surface area contributed by atoms with Crippen molar-refractivity contribution in [2.24, 2.45) is 25.4 Å². The van der Waals surface area contributed by atoms with Gasteiger partial charge in [-0.2, -0.15) is 28.9 Å². The SMILES string of the molecule is COc1cc(N=Nc2cccc(S(=O)(=O)[O-])c2)ccc1N=C([O-])Nc1ccc(N=Nc2ccc3cc(S(=O)(=O)[O-])cc(S(=O)(=O)O)c3c2)cc1.[Na+].[Na+].[Na+]. The molecule has 0 amide bonds. The summed E-state index contributed by atoms with van der Waals surface area (Å²) in [5.41, 5.74) is 1.39. The van der Waals surface area contributed by atoms with Gasteiger partial charge in [-0.25, -0.2) is 21.8 Å². The Morgan fingerprint density at radius 2 is 1.21 bits per heavy atom. The van der Waals surface area contributed by atoms with Crippen LogP contribution >= 0.6 is 0 Å². The Labute approximate surface area is 369 Å². The summed E-state index contributed by atoms with van der Waals surface area (Å²) in [6, 6.07) is 20.2. The number of aliphatic imine (C=N–C) groups is 1. The largest absolute Gasteiger partial charge is 1.00 e. The average Bonchev–Trinajstić information content (AvgIpc) is 3.05. The Morgan fingerprint density at radius 3 is 1.79 bits per heavy atom. The second-order valence-electron chi connectivity index (χ2n) is 10.1. The van der Waals surface area contributed by atoms with Crippen LogP contribution < -0.4 is 104 Å². The van der Waals surface area contributed by atoms with Crippen LogP contribution in [0.5, 0.6) is 5.75 Å². The van der Waals surface area contributed by atoms with E-state index in [1.165, 1.54) is 79.9 Å². The van der Waals surface area contributed by atoms with Gasteiger partial charge in [0.2, 0.25) is 0 Å². The molecule has 0 aliphatic heterocycles. The minimum Gasteiger partial charge on any atom is -0.846 e. The van der Waals surface area contributed by atoms with E-state index in [1.807, 2.05) is 0 Å². The van der Waals surface area contributed by atoms with Crippen molar-refractivity contribution in [1.29, 1.82) is 0 Å². The molecule has 53 heavy (non-hydrogen) atoms. The number of fused-ring (bicyclic) bond motifs is 1. The van der Waals surface area contributed by atoms with Gasteiger partial charge >= 0.3 is 88.7 Å². The van der Waals surface area contributed by atoms with Crippen LogP contribution in [0.4, 0.5) is 34.1 Å². The van der Waals surface area contributed by atoms with E-state index < -0.39 is 51.1 Å². The van der Waals surface area contributed by atoms with Gasteiger partial charge in [0.1, 0.15) is 36.6 Å². The molecule has 5 rings (SSSR count). The van der Waals surface area contributed by atoms with Gasteiger partial charge in [0.15, 0.2) is 0 Å². The number of methoxy groups -OCH3 is 1.